The van der Waals surface area contributed by atoms with Gasteiger partial charge in [-0.2, -0.15) is 0 Å². The lowest BCUT2D eigenvalue weighted by molar-refractivity contribution is -0.151. The van der Waals surface area contributed by atoms with Crippen molar-refractivity contribution >= 4 is 11.9 Å². The molecule has 0 aliphatic heterocycles. The van der Waals surface area contributed by atoms with Crippen LogP contribution in [-0.4, -0.2) is 70.0 Å². The van der Waals surface area contributed by atoms with Crippen molar-refractivity contribution in [2.75, 3.05) is 13.2 Å². The fourth-order valence-electron chi connectivity index (χ4n) is 1.40. The molecule has 4 N–H and O–H groups in total. The molecule has 0 amide bonds. The zero-order chi connectivity index (χ0) is 19.1. The number of aliphatic hydroxyl groups is 4. The molecule has 144 valence electrons. The average Bonchev–Trinajstić information content (AvgIpc) is 2.36. The van der Waals surface area contributed by atoms with Gasteiger partial charge in [-0.25, -0.2) is 0 Å². The monoisotopic (exact) mass is 352 g/mol. The topological polar surface area (TPSA) is 134 Å². The van der Waals surface area contributed by atoms with Gasteiger partial charge in [-0.3, -0.25) is 9.59 Å². The van der Waals surface area contributed by atoms with Gasteiger partial charge in [0.1, 0.15) is 6.10 Å². The van der Waals surface area contributed by atoms with Gasteiger partial charge >= 0.3 is 11.9 Å². The van der Waals surface area contributed by atoms with Crippen LogP contribution in [0.2, 0.25) is 0 Å². The molecule has 0 aromatic carbocycles. The molecule has 0 heterocycles. The summed E-state index contributed by atoms with van der Waals surface area (Å²) in [5.41, 5.74) is 0. The molecule has 0 aromatic rings. The Bertz CT molecular complexity index is 328. The zero-order valence-electron chi connectivity index (χ0n) is 15.0. The first-order chi connectivity index (χ1) is 11.1. The van der Waals surface area contributed by atoms with Gasteiger partial charge in [0.25, 0.3) is 0 Å². The van der Waals surface area contributed by atoms with E-state index in [1.807, 2.05) is 0 Å². The summed E-state index contributed by atoms with van der Waals surface area (Å²) in [6.07, 6.45) is -1.17. The van der Waals surface area contributed by atoms with Crippen molar-refractivity contribution in [3.05, 3.63) is 0 Å². The van der Waals surface area contributed by atoms with Crippen LogP contribution in [0.4, 0.5) is 0 Å². The third-order valence-electron chi connectivity index (χ3n) is 2.59. The Balaban J connectivity index is 0. The van der Waals surface area contributed by atoms with E-state index in [4.69, 9.17) is 29.9 Å². The van der Waals surface area contributed by atoms with Gasteiger partial charge < -0.3 is 29.9 Å². The van der Waals surface area contributed by atoms with Crippen molar-refractivity contribution in [2.24, 2.45) is 0 Å². The highest BCUT2D eigenvalue weighted by Gasteiger charge is 2.11. The SMILES string of the molecule is CC(O)CC(=O)OC(C)CCO.CC(O)CCOC(=O)CC(C)O. The first-order valence-corrected chi connectivity index (χ1v) is 8.08. The summed E-state index contributed by atoms with van der Waals surface area (Å²) in [5.74, 6) is -0.850. The molecule has 0 aliphatic carbocycles. The van der Waals surface area contributed by atoms with E-state index in [9.17, 15) is 9.59 Å². The van der Waals surface area contributed by atoms with Crippen LogP contribution in [0.5, 0.6) is 0 Å². The molecular formula is C16H32O8. The zero-order valence-corrected chi connectivity index (χ0v) is 15.0. The summed E-state index contributed by atoms with van der Waals surface area (Å²) >= 11 is 0. The maximum atomic E-state index is 10.9. The standard InChI is InChI=1S/2C8H16O4/c1-6(10)5-8(11)12-7(2)3-4-9;1-6(9)3-4-12-8(11)5-7(2)10/h2*6-7,9-10H,3-5H2,1-2H3. The molecule has 0 aliphatic rings. The van der Waals surface area contributed by atoms with E-state index >= 15 is 0 Å². The van der Waals surface area contributed by atoms with Crippen molar-refractivity contribution < 1.29 is 39.5 Å². The van der Waals surface area contributed by atoms with E-state index in [0.717, 1.165) is 0 Å². The van der Waals surface area contributed by atoms with Crippen molar-refractivity contribution in [3.8, 4) is 0 Å². The predicted octanol–water partition coefficient (Wildman–Crippen LogP) is 0.143. The Morgan fingerprint density at radius 1 is 0.833 bits per heavy atom. The lowest BCUT2D eigenvalue weighted by atomic mass is 10.3. The van der Waals surface area contributed by atoms with Crippen LogP contribution >= 0.6 is 0 Å². The number of aliphatic hydroxyl groups excluding tert-OH is 4. The highest BCUT2D eigenvalue weighted by Crippen LogP contribution is 2.00. The molecule has 0 rings (SSSR count). The minimum absolute atomic E-state index is 0.00310. The largest absolute Gasteiger partial charge is 0.466 e. The second kappa shape index (κ2) is 15.3. The van der Waals surface area contributed by atoms with E-state index in [0.29, 0.717) is 12.8 Å². The molecule has 0 spiro atoms. The Morgan fingerprint density at radius 3 is 1.75 bits per heavy atom. The first kappa shape index (κ1) is 25.0. The summed E-state index contributed by atoms with van der Waals surface area (Å²) in [7, 11) is 0. The Labute approximate surface area is 143 Å². The third kappa shape index (κ3) is 20.8. The number of carbonyl (C=O) groups excluding carboxylic acids is 2. The van der Waals surface area contributed by atoms with Crippen molar-refractivity contribution in [2.45, 2.75) is 77.8 Å². The average molecular weight is 352 g/mol. The molecule has 0 fully saturated rings. The first-order valence-electron chi connectivity index (χ1n) is 8.08. The van der Waals surface area contributed by atoms with Crippen LogP contribution in [0.3, 0.4) is 0 Å². The second-order valence-corrected chi connectivity index (χ2v) is 5.78. The summed E-state index contributed by atoms with van der Waals surface area (Å²) < 4.78 is 9.55. The van der Waals surface area contributed by atoms with Gasteiger partial charge in [-0.15, -0.1) is 0 Å². The van der Waals surface area contributed by atoms with Crippen molar-refractivity contribution in [1.29, 1.82) is 0 Å². The molecule has 0 aromatic heterocycles. The fourth-order valence-corrected chi connectivity index (χ4v) is 1.40. The molecule has 4 unspecified atom stereocenters. The van der Waals surface area contributed by atoms with Gasteiger partial charge in [0, 0.05) is 19.4 Å². The summed E-state index contributed by atoms with van der Waals surface area (Å²) in [4.78, 5) is 21.6. The number of hydrogen-bond donors (Lipinski definition) is 4. The highest BCUT2D eigenvalue weighted by molar-refractivity contribution is 5.70. The molecule has 8 nitrogen and oxygen atoms in total. The molecule has 8 heteroatoms. The maximum absolute atomic E-state index is 10.9. The number of esters is 2. The molecule has 24 heavy (non-hydrogen) atoms. The lowest BCUT2D eigenvalue weighted by Crippen LogP contribution is -2.19. The van der Waals surface area contributed by atoms with E-state index in [2.05, 4.69) is 0 Å². The summed E-state index contributed by atoms with van der Waals surface area (Å²) in [5, 5.41) is 34.9. The molecule has 0 saturated heterocycles. The molecule has 0 saturated carbocycles. The number of hydrogen-bond acceptors (Lipinski definition) is 8. The number of carbonyl (C=O) groups is 2. The Hall–Kier alpha value is -1.22. The minimum atomic E-state index is -0.668. The van der Waals surface area contributed by atoms with E-state index < -0.39 is 30.3 Å². The van der Waals surface area contributed by atoms with Gasteiger partial charge in [-0.05, 0) is 27.7 Å². The van der Waals surface area contributed by atoms with E-state index in [-0.39, 0.29) is 32.2 Å². The summed E-state index contributed by atoms with van der Waals surface area (Å²) in [6.45, 7) is 6.60. The van der Waals surface area contributed by atoms with Crippen LogP contribution in [0, 0.1) is 0 Å². The van der Waals surface area contributed by atoms with Crippen LogP contribution in [0.25, 0.3) is 0 Å². The second-order valence-electron chi connectivity index (χ2n) is 5.78. The lowest BCUT2D eigenvalue weighted by Gasteiger charge is -2.12. The van der Waals surface area contributed by atoms with Crippen LogP contribution in [-0.2, 0) is 19.1 Å². The molecular weight excluding hydrogens is 320 g/mol. The predicted molar refractivity (Wildman–Crippen MR) is 87.1 cm³/mol. The summed E-state index contributed by atoms with van der Waals surface area (Å²) in [6, 6.07) is 0. The normalized spacial score (nSPS) is 15.3. The smallest absolute Gasteiger partial charge is 0.308 e. The minimum Gasteiger partial charge on any atom is -0.466 e. The third-order valence-corrected chi connectivity index (χ3v) is 2.59. The van der Waals surface area contributed by atoms with Gasteiger partial charge in [0.15, 0.2) is 0 Å². The van der Waals surface area contributed by atoms with Gasteiger partial charge in [0.2, 0.25) is 0 Å². The quantitative estimate of drug-likeness (QED) is 0.408. The fraction of sp³-hybridized carbons (Fsp3) is 0.875. The molecule has 0 radical (unpaired) electrons. The Morgan fingerprint density at radius 2 is 1.33 bits per heavy atom. The van der Waals surface area contributed by atoms with E-state index in [1.54, 1.807) is 13.8 Å². The van der Waals surface area contributed by atoms with Crippen LogP contribution in [0.1, 0.15) is 53.4 Å². The molecule has 0 bridgehead atoms. The highest BCUT2D eigenvalue weighted by atomic mass is 16.5. The van der Waals surface area contributed by atoms with Crippen molar-refractivity contribution in [1.82, 2.24) is 0 Å². The van der Waals surface area contributed by atoms with Gasteiger partial charge in [-0.1, -0.05) is 0 Å². The van der Waals surface area contributed by atoms with E-state index in [1.165, 1.54) is 13.8 Å². The molecule has 4 atom stereocenters. The van der Waals surface area contributed by atoms with Crippen molar-refractivity contribution in [3.63, 3.8) is 0 Å². The number of ether oxygens (including phenoxy) is 2. The number of rotatable bonds is 10. The van der Waals surface area contributed by atoms with Crippen LogP contribution < -0.4 is 0 Å². The van der Waals surface area contributed by atoms with Crippen LogP contribution in [0.15, 0.2) is 0 Å². The van der Waals surface area contributed by atoms with Gasteiger partial charge in [0.05, 0.1) is 37.8 Å². The maximum Gasteiger partial charge on any atom is 0.308 e. The Kier molecular flexibility index (Phi) is 16.0.